The molecule has 3 heteroatoms. The van der Waals surface area contributed by atoms with Crippen molar-refractivity contribution in [3.8, 4) is 0 Å². The van der Waals surface area contributed by atoms with Gasteiger partial charge in [0.1, 0.15) is 0 Å². The molecule has 0 fully saturated rings. The number of hydrogen-bond donors (Lipinski definition) is 2. The quantitative estimate of drug-likeness (QED) is 0.381. The van der Waals surface area contributed by atoms with Gasteiger partial charge in [-0.3, -0.25) is 0 Å². The monoisotopic (exact) mass is 327 g/mol. The van der Waals surface area contributed by atoms with Gasteiger partial charge in [-0.2, -0.15) is 0 Å². The zero-order valence-electron chi connectivity index (χ0n) is 16.4. The van der Waals surface area contributed by atoms with Crippen molar-refractivity contribution in [3.05, 3.63) is 0 Å². The van der Waals surface area contributed by atoms with Crippen LogP contribution in [0, 0.1) is 0 Å². The number of nitrogens with zero attached hydrogens (tertiary/aromatic N) is 1. The predicted molar refractivity (Wildman–Crippen MR) is 105 cm³/mol. The summed E-state index contributed by atoms with van der Waals surface area (Å²) in [6, 6.07) is 0.551. The first-order valence-electron chi connectivity index (χ1n) is 10.3. The number of likely N-dealkylation sites (N-methyl/N-ethyl adjacent to an activating group) is 1. The summed E-state index contributed by atoms with van der Waals surface area (Å²) in [4.78, 5) is 2.16. The minimum absolute atomic E-state index is 0.225. The highest BCUT2D eigenvalue weighted by atomic mass is 15.1. The van der Waals surface area contributed by atoms with Gasteiger partial charge in [0.2, 0.25) is 0 Å². The van der Waals surface area contributed by atoms with Crippen molar-refractivity contribution in [2.75, 3.05) is 20.6 Å². The molecule has 0 aromatic heterocycles. The summed E-state index contributed by atoms with van der Waals surface area (Å²) in [5, 5.41) is 0. The fourth-order valence-electron chi connectivity index (χ4n) is 3.36. The van der Waals surface area contributed by atoms with Crippen LogP contribution in [0.1, 0.15) is 96.8 Å². The van der Waals surface area contributed by atoms with Gasteiger partial charge in [-0.05, 0) is 20.5 Å². The molecule has 0 bridgehead atoms. The smallest absolute Gasteiger partial charge is 0.0363 e. The molecule has 2 atom stereocenters. The molecule has 0 radical (unpaired) electrons. The Balaban J connectivity index is 3.27. The van der Waals surface area contributed by atoms with E-state index in [1.165, 1.54) is 83.5 Å². The molecule has 0 aliphatic carbocycles. The Kier molecular flexibility index (Phi) is 16.6. The van der Waals surface area contributed by atoms with Gasteiger partial charge in [-0.15, -0.1) is 0 Å². The van der Waals surface area contributed by atoms with Gasteiger partial charge in [0.05, 0.1) is 0 Å². The average Bonchev–Trinajstić information content (AvgIpc) is 2.52. The lowest BCUT2D eigenvalue weighted by Crippen LogP contribution is -2.48. The second kappa shape index (κ2) is 16.7. The van der Waals surface area contributed by atoms with Crippen LogP contribution in [0.25, 0.3) is 0 Å². The lowest BCUT2D eigenvalue weighted by Gasteiger charge is -2.28. The molecule has 4 N–H and O–H groups in total. The maximum absolute atomic E-state index is 6.25. The Morgan fingerprint density at radius 1 is 0.696 bits per heavy atom. The number of nitrogens with two attached hydrogens (primary N) is 2. The Labute approximate surface area is 146 Å². The van der Waals surface area contributed by atoms with Gasteiger partial charge in [0.15, 0.2) is 0 Å². The number of unbranched alkanes of at least 4 members (excludes halogenated alkanes) is 12. The fourth-order valence-corrected chi connectivity index (χ4v) is 3.36. The van der Waals surface area contributed by atoms with E-state index in [0.29, 0.717) is 12.6 Å². The summed E-state index contributed by atoms with van der Waals surface area (Å²) < 4.78 is 0. The lowest BCUT2D eigenvalue weighted by molar-refractivity contribution is 0.249. The van der Waals surface area contributed by atoms with Crippen LogP contribution < -0.4 is 11.5 Å². The second-order valence-electron chi connectivity index (χ2n) is 7.46. The first kappa shape index (κ1) is 22.9. The zero-order chi connectivity index (χ0) is 17.3. The number of hydrogen-bond acceptors (Lipinski definition) is 3. The predicted octanol–water partition coefficient (Wildman–Crippen LogP) is 4.68. The van der Waals surface area contributed by atoms with E-state index in [4.69, 9.17) is 11.5 Å². The van der Waals surface area contributed by atoms with Crippen LogP contribution in [0.4, 0.5) is 0 Å². The molecule has 0 heterocycles. The molecule has 0 aromatic rings. The van der Waals surface area contributed by atoms with Crippen molar-refractivity contribution in [2.45, 2.75) is 109 Å². The van der Waals surface area contributed by atoms with E-state index >= 15 is 0 Å². The molecule has 23 heavy (non-hydrogen) atoms. The van der Waals surface area contributed by atoms with E-state index in [0.717, 1.165) is 6.42 Å². The van der Waals surface area contributed by atoms with Crippen molar-refractivity contribution in [2.24, 2.45) is 11.5 Å². The van der Waals surface area contributed by atoms with Gasteiger partial charge >= 0.3 is 0 Å². The van der Waals surface area contributed by atoms with E-state index in [1.807, 2.05) is 0 Å². The third-order valence-corrected chi connectivity index (χ3v) is 5.04. The Bertz CT molecular complexity index is 231. The molecule has 0 spiro atoms. The summed E-state index contributed by atoms with van der Waals surface area (Å²) in [5.41, 5.74) is 12.0. The van der Waals surface area contributed by atoms with Crippen LogP contribution in [0.5, 0.6) is 0 Å². The summed E-state index contributed by atoms with van der Waals surface area (Å²) >= 11 is 0. The third-order valence-electron chi connectivity index (χ3n) is 5.04. The van der Waals surface area contributed by atoms with E-state index in [-0.39, 0.29) is 6.04 Å². The molecular weight excluding hydrogens is 282 g/mol. The molecule has 0 rings (SSSR count). The van der Waals surface area contributed by atoms with E-state index in [2.05, 4.69) is 25.9 Å². The maximum atomic E-state index is 6.25. The summed E-state index contributed by atoms with van der Waals surface area (Å²) in [6.07, 6.45) is 19.3. The normalized spacial score (nSPS) is 14.3. The summed E-state index contributed by atoms with van der Waals surface area (Å²) in [7, 11) is 4.14. The lowest BCUT2D eigenvalue weighted by atomic mass is 10.00. The van der Waals surface area contributed by atoms with E-state index in [9.17, 15) is 0 Å². The van der Waals surface area contributed by atoms with Gasteiger partial charge in [-0.1, -0.05) is 90.4 Å². The van der Waals surface area contributed by atoms with Crippen LogP contribution >= 0.6 is 0 Å². The van der Waals surface area contributed by atoms with E-state index < -0.39 is 0 Å². The first-order chi connectivity index (χ1) is 11.1. The van der Waals surface area contributed by atoms with Crippen LogP contribution in [-0.2, 0) is 0 Å². The zero-order valence-corrected chi connectivity index (χ0v) is 16.4. The topological polar surface area (TPSA) is 55.3 Å². The largest absolute Gasteiger partial charge is 0.329 e. The molecule has 0 unspecified atom stereocenters. The van der Waals surface area contributed by atoms with Crippen LogP contribution in [0.2, 0.25) is 0 Å². The standard InChI is InChI=1S/C20H45N3/c1-4-5-6-7-8-9-10-11-12-13-14-15-16-17-19(22)20(18-21)23(2)3/h19-20H,4-18,21-22H2,1-3H3/t19-,20+/m1/s1. The molecule has 0 saturated heterocycles. The van der Waals surface area contributed by atoms with Crippen molar-refractivity contribution in [1.82, 2.24) is 4.90 Å². The van der Waals surface area contributed by atoms with Crippen LogP contribution in [0.15, 0.2) is 0 Å². The molecule has 0 amide bonds. The number of rotatable bonds is 17. The minimum Gasteiger partial charge on any atom is -0.329 e. The fraction of sp³-hybridized carbons (Fsp3) is 1.00. The first-order valence-corrected chi connectivity index (χ1v) is 10.3. The molecule has 0 saturated carbocycles. The van der Waals surface area contributed by atoms with Crippen LogP contribution in [0.3, 0.4) is 0 Å². The Morgan fingerprint density at radius 3 is 1.43 bits per heavy atom. The summed E-state index contributed by atoms with van der Waals surface area (Å²) in [5.74, 6) is 0. The SMILES string of the molecule is CCCCCCCCCCCCCCC[C@@H](N)[C@H](CN)N(C)C. The molecule has 0 aliphatic heterocycles. The summed E-state index contributed by atoms with van der Waals surface area (Å²) in [6.45, 7) is 2.94. The van der Waals surface area contributed by atoms with Crippen molar-refractivity contribution < 1.29 is 0 Å². The molecule has 3 nitrogen and oxygen atoms in total. The van der Waals surface area contributed by atoms with Gasteiger partial charge in [0, 0.05) is 18.6 Å². The highest BCUT2D eigenvalue weighted by molar-refractivity contribution is 4.79. The van der Waals surface area contributed by atoms with Crippen LogP contribution in [-0.4, -0.2) is 37.6 Å². The highest BCUT2D eigenvalue weighted by Gasteiger charge is 2.17. The maximum Gasteiger partial charge on any atom is 0.0363 e. The molecule has 140 valence electrons. The third kappa shape index (κ3) is 14.0. The van der Waals surface area contributed by atoms with Gasteiger partial charge < -0.3 is 16.4 Å². The van der Waals surface area contributed by atoms with Crippen molar-refractivity contribution in [3.63, 3.8) is 0 Å². The molecular formula is C20H45N3. The average molecular weight is 328 g/mol. The minimum atomic E-state index is 0.225. The highest BCUT2D eigenvalue weighted by Crippen LogP contribution is 2.14. The Hall–Kier alpha value is -0.120. The van der Waals surface area contributed by atoms with E-state index in [1.54, 1.807) is 0 Å². The molecule has 0 aromatic carbocycles. The van der Waals surface area contributed by atoms with Crippen molar-refractivity contribution >= 4 is 0 Å². The van der Waals surface area contributed by atoms with Crippen molar-refractivity contribution in [1.29, 1.82) is 0 Å². The Morgan fingerprint density at radius 2 is 1.09 bits per heavy atom. The molecule has 0 aliphatic rings. The van der Waals surface area contributed by atoms with Gasteiger partial charge in [0.25, 0.3) is 0 Å². The second-order valence-corrected chi connectivity index (χ2v) is 7.46. The van der Waals surface area contributed by atoms with Gasteiger partial charge in [-0.25, -0.2) is 0 Å².